The van der Waals surface area contributed by atoms with E-state index >= 15 is 0 Å². The van der Waals surface area contributed by atoms with Gasteiger partial charge in [-0.15, -0.1) is 0 Å². The lowest BCUT2D eigenvalue weighted by Gasteiger charge is -2.27. The van der Waals surface area contributed by atoms with Crippen LogP contribution in [0.15, 0.2) is 24.3 Å². The first kappa shape index (κ1) is 20.5. The van der Waals surface area contributed by atoms with Gasteiger partial charge in [-0.2, -0.15) is 9.97 Å². The second-order valence-electron chi connectivity index (χ2n) is 7.84. The molecule has 0 spiro atoms. The molecule has 0 saturated heterocycles. The molecule has 0 aliphatic carbocycles. The summed E-state index contributed by atoms with van der Waals surface area (Å²) in [4.78, 5) is 23.1. The Morgan fingerprint density at radius 2 is 1.85 bits per heavy atom. The van der Waals surface area contributed by atoms with Crippen LogP contribution in [-0.2, 0) is 0 Å². The number of carbonyl (C=O) groups is 1. The van der Waals surface area contributed by atoms with Crippen LogP contribution in [0.2, 0.25) is 0 Å². The number of carbonyl (C=O) groups excluding carboxylic acids is 1. The quantitative estimate of drug-likeness (QED) is 0.723. The Kier molecular flexibility index (Phi) is 6.25. The molecule has 3 N–H and O–H groups in total. The number of aromatic nitrogens is 2. The smallest absolute Gasteiger partial charge is 0.251 e. The Bertz CT molecular complexity index is 813. The molecule has 7 heteroatoms. The van der Waals surface area contributed by atoms with Crippen molar-refractivity contribution in [2.24, 2.45) is 5.41 Å². The van der Waals surface area contributed by atoms with E-state index < -0.39 is 0 Å². The van der Waals surface area contributed by atoms with Gasteiger partial charge in [0.15, 0.2) is 0 Å². The normalized spacial score (nSPS) is 11.1. The minimum Gasteiger partial charge on any atom is -0.359 e. The van der Waals surface area contributed by atoms with Gasteiger partial charge in [0, 0.05) is 45.0 Å². The number of rotatable bonds is 6. The standard InChI is InChI=1S/C20H30N6O/c1-13-8-9-14(18(27)21-5)10-15(13)23-16-11-17(25-19(22-6)24-16)26(7)12-20(2,3)4/h8-11H,12H2,1-7H3,(H,21,27)(H2,22,23,24,25). The molecule has 1 aromatic carbocycles. The molecule has 1 heterocycles. The molecular formula is C20H30N6O. The van der Waals surface area contributed by atoms with Crippen molar-refractivity contribution in [2.75, 3.05) is 43.2 Å². The molecule has 0 atom stereocenters. The number of benzene rings is 1. The summed E-state index contributed by atoms with van der Waals surface area (Å²) in [6.07, 6.45) is 0. The van der Waals surface area contributed by atoms with Crippen LogP contribution in [0.25, 0.3) is 0 Å². The van der Waals surface area contributed by atoms with E-state index in [1.165, 1.54) is 0 Å². The van der Waals surface area contributed by atoms with E-state index in [1.54, 1.807) is 20.2 Å². The molecule has 0 radical (unpaired) electrons. The molecule has 2 rings (SSSR count). The predicted octanol–water partition coefficient (Wildman–Crippen LogP) is 3.41. The zero-order chi connectivity index (χ0) is 20.2. The second kappa shape index (κ2) is 8.24. The number of hydrogen-bond acceptors (Lipinski definition) is 6. The number of amides is 1. The molecule has 0 saturated carbocycles. The summed E-state index contributed by atoms with van der Waals surface area (Å²) in [6.45, 7) is 9.42. The number of nitrogens with zero attached hydrogens (tertiary/aromatic N) is 3. The second-order valence-corrected chi connectivity index (χ2v) is 7.84. The highest BCUT2D eigenvalue weighted by Gasteiger charge is 2.16. The van der Waals surface area contributed by atoms with E-state index in [0.717, 1.165) is 23.6 Å². The molecule has 7 nitrogen and oxygen atoms in total. The third-order valence-electron chi connectivity index (χ3n) is 4.03. The Morgan fingerprint density at radius 3 is 2.44 bits per heavy atom. The van der Waals surface area contributed by atoms with Gasteiger partial charge in [-0.05, 0) is 30.0 Å². The SMILES string of the molecule is CNC(=O)c1ccc(C)c(Nc2cc(N(C)CC(C)(C)C)nc(NC)n2)c1. The monoisotopic (exact) mass is 370 g/mol. The summed E-state index contributed by atoms with van der Waals surface area (Å²) in [5.41, 5.74) is 2.60. The van der Waals surface area contributed by atoms with Gasteiger partial charge in [0.05, 0.1) is 0 Å². The highest BCUT2D eigenvalue weighted by atomic mass is 16.1. The molecular weight excluding hydrogens is 340 g/mol. The van der Waals surface area contributed by atoms with Gasteiger partial charge in [0.2, 0.25) is 5.95 Å². The summed E-state index contributed by atoms with van der Waals surface area (Å²) in [7, 11) is 5.44. The van der Waals surface area contributed by atoms with Crippen LogP contribution in [0.1, 0.15) is 36.7 Å². The Hall–Kier alpha value is -2.83. The minimum atomic E-state index is -0.123. The van der Waals surface area contributed by atoms with Crippen molar-refractivity contribution in [3.05, 3.63) is 35.4 Å². The van der Waals surface area contributed by atoms with E-state index in [4.69, 9.17) is 0 Å². The summed E-state index contributed by atoms with van der Waals surface area (Å²) in [5, 5.41) is 8.98. The van der Waals surface area contributed by atoms with Crippen LogP contribution < -0.4 is 20.9 Å². The molecule has 146 valence electrons. The molecule has 0 bridgehead atoms. The topological polar surface area (TPSA) is 82.2 Å². The first-order valence-corrected chi connectivity index (χ1v) is 9.00. The van der Waals surface area contributed by atoms with Crippen molar-refractivity contribution < 1.29 is 4.79 Å². The van der Waals surface area contributed by atoms with Crippen LogP contribution in [0, 0.1) is 12.3 Å². The Morgan fingerprint density at radius 1 is 1.15 bits per heavy atom. The van der Waals surface area contributed by atoms with Crippen molar-refractivity contribution in [3.63, 3.8) is 0 Å². The number of aryl methyl sites for hydroxylation is 1. The summed E-state index contributed by atoms with van der Waals surface area (Å²) in [5.74, 6) is 1.91. The number of nitrogens with one attached hydrogen (secondary N) is 3. The van der Waals surface area contributed by atoms with Crippen LogP contribution >= 0.6 is 0 Å². The average molecular weight is 371 g/mol. The number of hydrogen-bond donors (Lipinski definition) is 3. The molecule has 2 aromatic rings. The summed E-state index contributed by atoms with van der Waals surface area (Å²) >= 11 is 0. The molecule has 1 aromatic heterocycles. The lowest BCUT2D eigenvalue weighted by atomic mass is 9.96. The summed E-state index contributed by atoms with van der Waals surface area (Å²) < 4.78 is 0. The van der Waals surface area contributed by atoms with E-state index in [-0.39, 0.29) is 11.3 Å². The fourth-order valence-electron chi connectivity index (χ4n) is 2.78. The molecule has 0 aliphatic rings. The van der Waals surface area contributed by atoms with Crippen molar-refractivity contribution in [3.8, 4) is 0 Å². The Labute approximate surface area is 161 Å². The van der Waals surface area contributed by atoms with Gasteiger partial charge < -0.3 is 20.9 Å². The van der Waals surface area contributed by atoms with Gasteiger partial charge in [-0.1, -0.05) is 26.8 Å². The largest absolute Gasteiger partial charge is 0.359 e. The first-order valence-electron chi connectivity index (χ1n) is 9.00. The van der Waals surface area contributed by atoms with E-state index in [9.17, 15) is 4.79 Å². The molecule has 27 heavy (non-hydrogen) atoms. The molecule has 1 amide bonds. The predicted molar refractivity (Wildman–Crippen MR) is 112 cm³/mol. The van der Waals surface area contributed by atoms with E-state index in [2.05, 4.69) is 51.6 Å². The highest BCUT2D eigenvalue weighted by molar-refractivity contribution is 5.95. The van der Waals surface area contributed by atoms with Gasteiger partial charge in [0.25, 0.3) is 5.91 Å². The van der Waals surface area contributed by atoms with Gasteiger partial charge >= 0.3 is 0 Å². The Balaban J connectivity index is 2.36. The average Bonchev–Trinajstić information content (AvgIpc) is 2.61. The van der Waals surface area contributed by atoms with Crippen molar-refractivity contribution in [1.82, 2.24) is 15.3 Å². The van der Waals surface area contributed by atoms with Crippen molar-refractivity contribution in [1.29, 1.82) is 0 Å². The van der Waals surface area contributed by atoms with Crippen LogP contribution in [-0.4, -0.2) is 43.6 Å². The van der Waals surface area contributed by atoms with Crippen molar-refractivity contribution >= 4 is 29.2 Å². The van der Waals surface area contributed by atoms with Crippen LogP contribution in [0.5, 0.6) is 0 Å². The maximum absolute atomic E-state index is 11.9. The fraction of sp³-hybridized carbons (Fsp3) is 0.450. The highest BCUT2D eigenvalue weighted by Crippen LogP contribution is 2.26. The third kappa shape index (κ3) is 5.57. The van der Waals surface area contributed by atoms with Crippen LogP contribution in [0.4, 0.5) is 23.3 Å². The third-order valence-corrected chi connectivity index (χ3v) is 4.03. The summed E-state index contributed by atoms with van der Waals surface area (Å²) in [6, 6.07) is 7.47. The molecule has 0 unspecified atom stereocenters. The van der Waals surface area contributed by atoms with Gasteiger partial charge in [-0.25, -0.2) is 0 Å². The first-order chi connectivity index (χ1) is 12.6. The maximum Gasteiger partial charge on any atom is 0.251 e. The number of anilines is 4. The fourth-order valence-corrected chi connectivity index (χ4v) is 2.78. The van der Waals surface area contributed by atoms with Gasteiger partial charge in [-0.3, -0.25) is 4.79 Å². The van der Waals surface area contributed by atoms with Crippen LogP contribution in [0.3, 0.4) is 0 Å². The lowest BCUT2D eigenvalue weighted by Crippen LogP contribution is -2.30. The molecule has 0 aliphatic heterocycles. The zero-order valence-corrected chi connectivity index (χ0v) is 17.3. The van der Waals surface area contributed by atoms with Crippen molar-refractivity contribution in [2.45, 2.75) is 27.7 Å². The van der Waals surface area contributed by atoms with Gasteiger partial charge in [0.1, 0.15) is 11.6 Å². The zero-order valence-electron chi connectivity index (χ0n) is 17.3. The maximum atomic E-state index is 11.9. The van der Waals surface area contributed by atoms with E-state index in [0.29, 0.717) is 17.3 Å². The minimum absolute atomic E-state index is 0.123. The molecule has 0 fully saturated rings. The van der Waals surface area contributed by atoms with E-state index in [1.807, 2.05) is 32.2 Å². The lowest BCUT2D eigenvalue weighted by molar-refractivity contribution is 0.0963.